The number of β-amino-alcohol motifs (C(OH)–C–C–N with tert-alkyl or cyclic N) is 1. The van der Waals surface area contributed by atoms with Crippen LogP contribution in [0.25, 0.3) is 10.7 Å². The van der Waals surface area contributed by atoms with Crippen molar-refractivity contribution in [3.63, 3.8) is 0 Å². The second-order valence-corrected chi connectivity index (χ2v) is 5.80. The van der Waals surface area contributed by atoms with E-state index in [0.29, 0.717) is 19.8 Å². The number of aliphatic hydroxyl groups excluding tert-OH is 1. The Morgan fingerprint density at radius 3 is 3.00 bits per heavy atom. The van der Waals surface area contributed by atoms with Crippen LogP contribution in [0.2, 0.25) is 0 Å². The molecule has 0 bridgehead atoms. The fraction of sp³-hybridized carbons (Fsp3) is 0.429. The molecule has 1 saturated heterocycles. The van der Waals surface area contributed by atoms with Crippen molar-refractivity contribution in [2.75, 3.05) is 26.3 Å². The molecule has 2 aromatic rings. The number of hydrogen-bond donors (Lipinski definition) is 1. The lowest BCUT2D eigenvalue weighted by atomic mass is 10.2. The zero-order valence-electron chi connectivity index (χ0n) is 11.1. The lowest BCUT2D eigenvalue weighted by molar-refractivity contribution is 0.0562. The van der Waals surface area contributed by atoms with Gasteiger partial charge in [-0.2, -0.15) is 0 Å². The Balaban J connectivity index is 1.65. The van der Waals surface area contributed by atoms with E-state index in [1.165, 1.54) is 0 Å². The first-order valence-electron chi connectivity index (χ1n) is 6.64. The van der Waals surface area contributed by atoms with Gasteiger partial charge in [0.15, 0.2) is 5.82 Å². The van der Waals surface area contributed by atoms with Crippen molar-refractivity contribution in [1.82, 2.24) is 14.9 Å². The topological polar surface area (TPSA) is 58.5 Å². The standard InChI is InChI=1S/C14H17N3O2S/c18-12-9-17(3-4-19-10-12)8-11-6-15-14(16-7-11)13-2-1-5-20-13/h1-2,5-7,12,18H,3-4,8-10H2/t12-/m0/s1. The fourth-order valence-electron chi connectivity index (χ4n) is 2.23. The first kappa shape index (κ1) is 13.6. The summed E-state index contributed by atoms with van der Waals surface area (Å²) in [4.78, 5) is 12.1. The number of rotatable bonds is 3. The minimum Gasteiger partial charge on any atom is -0.389 e. The summed E-state index contributed by atoms with van der Waals surface area (Å²) >= 11 is 1.64. The maximum atomic E-state index is 9.71. The molecule has 0 spiro atoms. The van der Waals surface area contributed by atoms with Crippen molar-refractivity contribution >= 4 is 11.3 Å². The molecule has 0 amide bonds. The lowest BCUT2D eigenvalue weighted by Gasteiger charge is -2.20. The van der Waals surface area contributed by atoms with Gasteiger partial charge in [0, 0.05) is 37.6 Å². The molecule has 0 aliphatic carbocycles. The minimum absolute atomic E-state index is 0.413. The fourth-order valence-corrected chi connectivity index (χ4v) is 2.90. The van der Waals surface area contributed by atoms with Crippen LogP contribution in [0, 0.1) is 0 Å². The molecule has 0 aromatic carbocycles. The molecule has 6 heteroatoms. The highest BCUT2D eigenvalue weighted by Crippen LogP contribution is 2.20. The monoisotopic (exact) mass is 291 g/mol. The second-order valence-electron chi connectivity index (χ2n) is 4.86. The van der Waals surface area contributed by atoms with Crippen molar-refractivity contribution < 1.29 is 9.84 Å². The predicted molar refractivity (Wildman–Crippen MR) is 77.4 cm³/mol. The quantitative estimate of drug-likeness (QED) is 0.926. The van der Waals surface area contributed by atoms with Gasteiger partial charge < -0.3 is 9.84 Å². The number of hydrogen-bond acceptors (Lipinski definition) is 6. The van der Waals surface area contributed by atoms with Gasteiger partial charge in [-0.25, -0.2) is 9.97 Å². The molecule has 1 aliphatic heterocycles. The van der Waals surface area contributed by atoms with Gasteiger partial charge in [-0.15, -0.1) is 11.3 Å². The molecule has 1 atom stereocenters. The first-order valence-corrected chi connectivity index (χ1v) is 7.52. The van der Waals surface area contributed by atoms with E-state index in [0.717, 1.165) is 29.4 Å². The first-order chi connectivity index (χ1) is 9.81. The molecule has 2 aromatic heterocycles. The van der Waals surface area contributed by atoms with Crippen molar-refractivity contribution in [2.24, 2.45) is 0 Å². The van der Waals surface area contributed by atoms with Crippen LogP contribution in [0.1, 0.15) is 5.56 Å². The Labute approximate surface area is 121 Å². The van der Waals surface area contributed by atoms with Crippen LogP contribution in [0.5, 0.6) is 0 Å². The molecular weight excluding hydrogens is 274 g/mol. The van der Waals surface area contributed by atoms with Crippen LogP contribution in [0.15, 0.2) is 29.9 Å². The van der Waals surface area contributed by atoms with Gasteiger partial charge in [0.1, 0.15) is 0 Å². The molecule has 0 unspecified atom stereocenters. The van der Waals surface area contributed by atoms with Gasteiger partial charge in [0.05, 0.1) is 24.2 Å². The molecular formula is C14H17N3O2S. The third-order valence-electron chi connectivity index (χ3n) is 3.18. The zero-order valence-corrected chi connectivity index (χ0v) is 11.9. The maximum Gasteiger partial charge on any atom is 0.169 e. The SMILES string of the molecule is O[C@@H]1COCCN(Cc2cnc(-c3cccs3)nc2)C1. The number of nitrogens with zero attached hydrogens (tertiary/aromatic N) is 3. The Morgan fingerprint density at radius 1 is 1.40 bits per heavy atom. The molecule has 1 N–H and O–H groups in total. The van der Waals surface area contributed by atoms with Crippen LogP contribution >= 0.6 is 11.3 Å². The average molecular weight is 291 g/mol. The molecule has 106 valence electrons. The van der Waals surface area contributed by atoms with E-state index < -0.39 is 6.10 Å². The summed E-state index contributed by atoms with van der Waals surface area (Å²) in [5.74, 6) is 0.767. The van der Waals surface area contributed by atoms with Crippen LogP contribution in [0.4, 0.5) is 0 Å². The van der Waals surface area contributed by atoms with E-state index in [1.807, 2.05) is 29.9 Å². The van der Waals surface area contributed by atoms with Gasteiger partial charge in [-0.05, 0) is 11.4 Å². The predicted octanol–water partition coefficient (Wildman–Crippen LogP) is 1.40. The van der Waals surface area contributed by atoms with E-state index in [9.17, 15) is 5.11 Å². The highest BCUT2D eigenvalue weighted by Gasteiger charge is 2.16. The summed E-state index contributed by atoms with van der Waals surface area (Å²) in [5, 5.41) is 11.7. The Kier molecular flexibility index (Phi) is 4.37. The van der Waals surface area contributed by atoms with E-state index >= 15 is 0 Å². The van der Waals surface area contributed by atoms with Gasteiger partial charge in [-0.3, -0.25) is 4.90 Å². The summed E-state index contributed by atoms with van der Waals surface area (Å²) in [6.45, 7) is 3.27. The van der Waals surface area contributed by atoms with Crippen molar-refractivity contribution in [1.29, 1.82) is 0 Å². The molecule has 3 heterocycles. The van der Waals surface area contributed by atoms with Gasteiger partial charge >= 0.3 is 0 Å². The third-order valence-corrected chi connectivity index (χ3v) is 4.05. The number of aliphatic hydroxyl groups is 1. The summed E-state index contributed by atoms with van der Waals surface area (Å²) in [6, 6.07) is 4.01. The zero-order chi connectivity index (χ0) is 13.8. The molecule has 20 heavy (non-hydrogen) atoms. The van der Waals surface area contributed by atoms with Gasteiger partial charge in [0.2, 0.25) is 0 Å². The lowest BCUT2D eigenvalue weighted by Crippen LogP contribution is -2.32. The van der Waals surface area contributed by atoms with E-state index in [4.69, 9.17) is 4.74 Å². The summed E-state index contributed by atoms with van der Waals surface area (Å²) in [6.07, 6.45) is 3.31. The van der Waals surface area contributed by atoms with Crippen LogP contribution in [0.3, 0.4) is 0 Å². The molecule has 0 saturated carbocycles. The maximum absolute atomic E-state index is 9.71. The van der Waals surface area contributed by atoms with Crippen LogP contribution < -0.4 is 0 Å². The van der Waals surface area contributed by atoms with Crippen LogP contribution in [-0.2, 0) is 11.3 Å². The Morgan fingerprint density at radius 2 is 2.25 bits per heavy atom. The average Bonchev–Trinajstić information content (AvgIpc) is 2.91. The number of ether oxygens (including phenoxy) is 1. The van der Waals surface area contributed by atoms with Crippen molar-refractivity contribution in [3.8, 4) is 10.7 Å². The van der Waals surface area contributed by atoms with Gasteiger partial charge in [-0.1, -0.05) is 6.07 Å². The summed E-state index contributed by atoms with van der Waals surface area (Å²) < 4.78 is 5.32. The van der Waals surface area contributed by atoms with E-state index in [-0.39, 0.29) is 0 Å². The van der Waals surface area contributed by atoms with E-state index in [2.05, 4.69) is 14.9 Å². The summed E-state index contributed by atoms with van der Waals surface area (Å²) in [5.41, 5.74) is 1.06. The Bertz CT molecular complexity index is 530. The largest absolute Gasteiger partial charge is 0.389 e. The van der Waals surface area contributed by atoms with Crippen molar-refractivity contribution in [3.05, 3.63) is 35.5 Å². The molecule has 1 fully saturated rings. The third kappa shape index (κ3) is 3.40. The molecule has 5 nitrogen and oxygen atoms in total. The smallest absolute Gasteiger partial charge is 0.169 e. The highest BCUT2D eigenvalue weighted by atomic mass is 32.1. The Hall–Kier alpha value is -1.34. The molecule has 3 rings (SSSR count). The van der Waals surface area contributed by atoms with Gasteiger partial charge in [0.25, 0.3) is 0 Å². The normalized spacial score (nSPS) is 20.8. The van der Waals surface area contributed by atoms with E-state index in [1.54, 1.807) is 11.3 Å². The second kappa shape index (κ2) is 6.41. The van der Waals surface area contributed by atoms with Crippen molar-refractivity contribution in [2.45, 2.75) is 12.6 Å². The molecule has 1 aliphatic rings. The molecule has 0 radical (unpaired) electrons. The number of aromatic nitrogens is 2. The summed E-state index contributed by atoms with van der Waals surface area (Å²) in [7, 11) is 0. The van der Waals surface area contributed by atoms with Crippen LogP contribution in [-0.4, -0.2) is 52.4 Å². The number of thiophene rings is 1. The minimum atomic E-state index is -0.413. The highest BCUT2D eigenvalue weighted by molar-refractivity contribution is 7.13.